The van der Waals surface area contributed by atoms with Gasteiger partial charge in [-0.25, -0.2) is 0 Å². The van der Waals surface area contributed by atoms with Crippen LogP contribution in [0.1, 0.15) is 40.5 Å². The molecule has 0 saturated heterocycles. The van der Waals surface area contributed by atoms with E-state index < -0.39 is 0 Å². The van der Waals surface area contributed by atoms with Crippen LogP contribution in [0.5, 0.6) is 0 Å². The number of hydrogen-bond acceptors (Lipinski definition) is 0. The highest BCUT2D eigenvalue weighted by Gasteiger charge is 2.37. The fourth-order valence-corrected chi connectivity index (χ4v) is 2.40. The Morgan fingerprint density at radius 1 is 0.857 bits per heavy atom. The molecule has 0 saturated carbocycles. The van der Waals surface area contributed by atoms with Crippen LogP contribution in [0.25, 0.3) is 0 Å². The Kier molecular flexibility index (Phi) is 1.89. The van der Waals surface area contributed by atoms with Crippen molar-refractivity contribution in [3.8, 4) is 0 Å². The highest BCUT2D eigenvalue weighted by Crippen LogP contribution is 2.49. The smallest absolute Gasteiger partial charge is 0.00746 e. The maximum absolute atomic E-state index is 3.09. The van der Waals surface area contributed by atoms with Gasteiger partial charge in [-0.05, 0) is 47.0 Å². The van der Waals surface area contributed by atoms with Gasteiger partial charge in [0.2, 0.25) is 0 Å². The van der Waals surface area contributed by atoms with Crippen LogP contribution in [0.4, 0.5) is 0 Å². The molecule has 2 rings (SSSR count). The SMILES string of the molecule is CC1(C)CCC(C)(C)C2=C1C=C=C=C2. The van der Waals surface area contributed by atoms with E-state index >= 15 is 0 Å². The summed E-state index contributed by atoms with van der Waals surface area (Å²) in [7, 11) is 0. The van der Waals surface area contributed by atoms with Crippen molar-refractivity contribution in [2.75, 3.05) is 0 Å². The lowest BCUT2D eigenvalue weighted by Crippen LogP contribution is -2.29. The standard InChI is InChI=1S/C14H18/c1-13(2)9-10-14(3,4)12-8-6-5-7-11(12)13/h7-8H,9-10H2,1-4H3. The molecule has 14 heavy (non-hydrogen) atoms. The quantitative estimate of drug-likeness (QED) is 0.501. The molecule has 0 aromatic rings. The molecule has 74 valence electrons. The molecule has 0 atom stereocenters. The number of allylic oxidation sites excluding steroid dienone is 4. The van der Waals surface area contributed by atoms with Crippen molar-refractivity contribution in [1.82, 2.24) is 0 Å². The molecule has 0 nitrogen and oxygen atoms in total. The zero-order chi connectivity index (χ0) is 10.4. The van der Waals surface area contributed by atoms with Gasteiger partial charge in [-0.3, -0.25) is 0 Å². The van der Waals surface area contributed by atoms with E-state index in [9.17, 15) is 0 Å². The highest BCUT2D eigenvalue weighted by molar-refractivity contribution is 5.44. The summed E-state index contributed by atoms with van der Waals surface area (Å²) >= 11 is 0. The van der Waals surface area contributed by atoms with Gasteiger partial charge in [-0.2, -0.15) is 0 Å². The summed E-state index contributed by atoms with van der Waals surface area (Å²) in [5.74, 6) is 0. The highest BCUT2D eigenvalue weighted by atomic mass is 14.4. The molecule has 0 heterocycles. The molecule has 0 aromatic heterocycles. The Bertz CT molecular complexity index is 352. The van der Waals surface area contributed by atoms with Gasteiger partial charge >= 0.3 is 0 Å². The lowest BCUT2D eigenvalue weighted by atomic mass is 9.62. The van der Waals surface area contributed by atoms with E-state index in [0.717, 1.165) is 0 Å². The second-order valence-corrected chi connectivity index (χ2v) is 5.67. The Balaban J connectivity index is 2.59. The van der Waals surface area contributed by atoms with Crippen LogP contribution in [0.3, 0.4) is 0 Å². The molecular formula is C14H18. The van der Waals surface area contributed by atoms with Crippen molar-refractivity contribution >= 4 is 0 Å². The second-order valence-electron chi connectivity index (χ2n) is 5.67. The van der Waals surface area contributed by atoms with Gasteiger partial charge in [0.1, 0.15) is 0 Å². The molecule has 0 radical (unpaired) electrons. The molecule has 0 amide bonds. The average Bonchev–Trinajstić information content (AvgIpc) is 2.14. The minimum Gasteiger partial charge on any atom is -0.0699 e. The fourth-order valence-electron chi connectivity index (χ4n) is 2.40. The number of rotatable bonds is 0. The number of hydrogen-bond donors (Lipinski definition) is 0. The molecule has 0 aromatic carbocycles. The van der Waals surface area contributed by atoms with Crippen LogP contribution in [-0.2, 0) is 0 Å². The largest absolute Gasteiger partial charge is 0.0699 e. The van der Waals surface area contributed by atoms with Crippen molar-refractivity contribution in [1.29, 1.82) is 0 Å². The third kappa shape index (κ3) is 1.32. The van der Waals surface area contributed by atoms with Crippen LogP contribution in [0.2, 0.25) is 0 Å². The zero-order valence-electron chi connectivity index (χ0n) is 9.57. The third-order valence-electron chi connectivity index (χ3n) is 3.64. The van der Waals surface area contributed by atoms with E-state index in [4.69, 9.17) is 0 Å². The molecule has 0 heteroatoms. The van der Waals surface area contributed by atoms with Gasteiger partial charge in [0, 0.05) is 0 Å². The molecule has 0 spiro atoms. The van der Waals surface area contributed by atoms with E-state index in [1.807, 2.05) is 0 Å². The fraction of sp³-hybridized carbons (Fsp3) is 0.571. The molecular weight excluding hydrogens is 168 g/mol. The Morgan fingerprint density at radius 2 is 1.21 bits per heavy atom. The average molecular weight is 186 g/mol. The first kappa shape index (κ1) is 9.59. The summed E-state index contributed by atoms with van der Waals surface area (Å²) in [6.07, 6.45) is 6.78. The monoisotopic (exact) mass is 186 g/mol. The Morgan fingerprint density at radius 3 is 1.57 bits per heavy atom. The molecule has 2 aliphatic rings. The minimum absolute atomic E-state index is 0.316. The van der Waals surface area contributed by atoms with Crippen LogP contribution in [0.15, 0.2) is 34.8 Å². The van der Waals surface area contributed by atoms with Gasteiger partial charge in [0.15, 0.2) is 0 Å². The first-order valence-corrected chi connectivity index (χ1v) is 5.36. The molecule has 0 fully saturated rings. The Hall–Kier alpha value is -0.960. The molecule has 2 aliphatic carbocycles. The van der Waals surface area contributed by atoms with Crippen LogP contribution < -0.4 is 0 Å². The van der Waals surface area contributed by atoms with Crippen molar-refractivity contribution in [3.05, 3.63) is 34.8 Å². The van der Waals surface area contributed by atoms with Crippen molar-refractivity contribution in [3.63, 3.8) is 0 Å². The van der Waals surface area contributed by atoms with Gasteiger partial charge in [0.05, 0.1) is 0 Å². The predicted octanol–water partition coefficient (Wildman–Crippen LogP) is 4.01. The first-order chi connectivity index (χ1) is 6.43. The molecule has 0 bridgehead atoms. The Labute approximate surface area is 86.7 Å². The topological polar surface area (TPSA) is 0 Å². The van der Waals surface area contributed by atoms with Crippen molar-refractivity contribution in [2.45, 2.75) is 40.5 Å². The third-order valence-corrected chi connectivity index (χ3v) is 3.64. The second kappa shape index (κ2) is 2.76. The van der Waals surface area contributed by atoms with E-state index in [-0.39, 0.29) is 0 Å². The van der Waals surface area contributed by atoms with Crippen LogP contribution >= 0.6 is 0 Å². The van der Waals surface area contributed by atoms with E-state index in [1.54, 1.807) is 0 Å². The summed E-state index contributed by atoms with van der Waals surface area (Å²) in [5.41, 5.74) is 9.74. The first-order valence-electron chi connectivity index (χ1n) is 5.36. The van der Waals surface area contributed by atoms with Crippen molar-refractivity contribution < 1.29 is 0 Å². The van der Waals surface area contributed by atoms with Gasteiger partial charge in [0.25, 0.3) is 0 Å². The van der Waals surface area contributed by atoms with E-state index in [1.165, 1.54) is 24.0 Å². The molecule has 0 N–H and O–H groups in total. The van der Waals surface area contributed by atoms with Gasteiger partial charge in [-0.1, -0.05) is 39.2 Å². The summed E-state index contributed by atoms with van der Waals surface area (Å²) in [6.45, 7) is 9.31. The maximum atomic E-state index is 3.09. The predicted molar refractivity (Wildman–Crippen MR) is 60.0 cm³/mol. The summed E-state index contributed by atoms with van der Waals surface area (Å²) in [6, 6.07) is 0. The van der Waals surface area contributed by atoms with Crippen LogP contribution in [-0.4, -0.2) is 0 Å². The molecule has 0 aliphatic heterocycles. The minimum atomic E-state index is 0.316. The zero-order valence-corrected chi connectivity index (χ0v) is 9.57. The molecule has 0 unspecified atom stereocenters. The van der Waals surface area contributed by atoms with Crippen molar-refractivity contribution in [2.24, 2.45) is 10.8 Å². The lowest BCUT2D eigenvalue weighted by molar-refractivity contribution is 0.273. The van der Waals surface area contributed by atoms with E-state index in [2.05, 4.69) is 51.3 Å². The van der Waals surface area contributed by atoms with Gasteiger partial charge < -0.3 is 0 Å². The summed E-state index contributed by atoms with van der Waals surface area (Å²) in [5, 5.41) is 0. The summed E-state index contributed by atoms with van der Waals surface area (Å²) < 4.78 is 0. The van der Waals surface area contributed by atoms with Crippen LogP contribution in [0, 0.1) is 10.8 Å². The van der Waals surface area contributed by atoms with E-state index in [0.29, 0.717) is 10.8 Å². The van der Waals surface area contributed by atoms with Gasteiger partial charge in [-0.15, -0.1) is 0 Å². The maximum Gasteiger partial charge on any atom is -0.00746 e. The lowest BCUT2D eigenvalue weighted by Gasteiger charge is -2.41. The normalized spacial score (nSPS) is 26.6. The summed E-state index contributed by atoms with van der Waals surface area (Å²) in [4.78, 5) is 0.